The minimum Gasteiger partial charge on any atom is -0.481 e. The lowest BCUT2D eigenvalue weighted by Gasteiger charge is -2.20. The number of hydrogen-bond donors (Lipinski definition) is 2. The molecule has 0 radical (unpaired) electrons. The average Bonchev–Trinajstić information content (AvgIpc) is 2.77. The molecule has 1 fully saturated rings. The van der Waals surface area contributed by atoms with E-state index in [1.165, 1.54) is 0 Å². The third kappa shape index (κ3) is 4.00. The summed E-state index contributed by atoms with van der Waals surface area (Å²) >= 11 is 0. The number of nitrogens with zero attached hydrogens (tertiary/aromatic N) is 1. The van der Waals surface area contributed by atoms with Gasteiger partial charge in [0.1, 0.15) is 0 Å². The van der Waals surface area contributed by atoms with Crippen LogP contribution in [0.4, 0.5) is 0 Å². The van der Waals surface area contributed by atoms with Crippen molar-refractivity contribution in [2.24, 2.45) is 11.8 Å². The van der Waals surface area contributed by atoms with Crippen LogP contribution in [0.2, 0.25) is 0 Å². The highest BCUT2D eigenvalue weighted by Gasteiger charge is 2.34. The first-order chi connectivity index (χ1) is 8.06. The van der Waals surface area contributed by atoms with E-state index in [0.29, 0.717) is 19.3 Å². The van der Waals surface area contributed by atoms with Gasteiger partial charge in [-0.1, -0.05) is 0 Å². The molecule has 2 N–H and O–H groups in total. The minimum absolute atomic E-state index is 0.0873. The molecule has 5 heteroatoms. The largest absolute Gasteiger partial charge is 0.481 e. The Morgan fingerprint density at radius 2 is 2.00 bits per heavy atom. The van der Waals surface area contributed by atoms with Crippen LogP contribution >= 0.6 is 0 Å². The normalized spacial score (nSPS) is 23.6. The summed E-state index contributed by atoms with van der Waals surface area (Å²) in [5.74, 6) is -1.08. The number of carboxylic acid groups (broad SMARTS) is 1. The van der Waals surface area contributed by atoms with E-state index in [-0.39, 0.29) is 17.7 Å². The van der Waals surface area contributed by atoms with Gasteiger partial charge in [-0.2, -0.15) is 0 Å². The standard InChI is InChI=1S/C12H22N2O3/c1-13-6-3-7-14(2)11(15)9-4-5-10(8-9)12(16)17/h9-10,13H,3-8H2,1-2H3,(H,16,17)/t9-,10+/m1/s1. The minimum atomic E-state index is -0.766. The molecule has 2 atom stereocenters. The fourth-order valence-corrected chi connectivity index (χ4v) is 2.34. The van der Waals surface area contributed by atoms with Gasteiger partial charge < -0.3 is 15.3 Å². The van der Waals surface area contributed by atoms with Crippen molar-refractivity contribution in [1.82, 2.24) is 10.2 Å². The highest BCUT2D eigenvalue weighted by molar-refractivity contribution is 5.80. The highest BCUT2D eigenvalue weighted by atomic mass is 16.4. The lowest BCUT2D eigenvalue weighted by Crippen LogP contribution is -2.34. The Balaban J connectivity index is 2.35. The summed E-state index contributed by atoms with van der Waals surface area (Å²) in [6.07, 6.45) is 2.78. The fourth-order valence-electron chi connectivity index (χ4n) is 2.34. The summed E-state index contributed by atoms with van der Waals surface area (Å²) in [6.45, 7) is 1.62. The van der Waals surface area contributed by atoms with E-state index in [1.807, 2.05) is 7.05 Å². The third-order valence-corrected chi connectivity index (χ3v) is 3.43. The topological polar surface area (TPSA) is 69.6 Å². The van der Waals surface area contributed by atoms with Crippen molar-refractivity contribution < 1.29 is 14.7 Å². The second kappa shape index (κ2) is 6.59. The van der Waals surface area contributed by atoms with Crippen LogP contribution in [0, 0.1) is 11.8 Å². The van der Waals surface area contributed by atoms with Crippen LogP contribution in [0.25, 0.3) is 0 Å². The molecule has 0 aliphatic heterocycles. The Labute approximate surface area is 102 Å². The molecular weight excluding hydrogens is 220 g/mol. The molecular formula is C12H22N2O3. The molecule has 5 nitrogen and oxygen atoms in total. The van der Waals surface area contributed by atoms with Crippen molar-refractivity contribution in [2.45, 2.75) is 25.7 Å². The molecule has 98 valence electrons. The molecule has 0 aromatic carbocycles. The molecule has 0 bridgehead atoms. The molecule has 17 heavy (non-hydrogen) atoms. The summed E-state index contributed by atoms with van der Waals surface area (Å²) in [5.41, 5.74) is 0. The molecule has 0 aromatic heterocycles. The quantitative estimate of drug-likeness (QED) is 0.668. The molecule has 0 spiro atoms. The van der Waals surface area contributed by atoms with Gasteiger partial charge in [0, 0.05) is 19.5 Å². The third-order valence-electron chi connectivity index (χ3n) is 3.43. The zero-order valence-electron chi connectivity index (χ0n) is 10.6. The molecule has 0 unspecified atom stereocenters. The summed E-state index contributed by atoms with van der Waals surface area (Å²) in [4.78, 5) is 24.6. The maximum atomic E-state index is 12.0. The van der Waals surface area contributed by atoms with Gasteiger partial charge >= 0.3 is 5.97 Å². The zero-order chi connectivity index (χ0) is 12.8. The second-order valence-electron chi connectivity index (χ2n) is 4.76. The van der Waals surface area contributed by atoms with Crippen molar-refractivity contribution in [1.29, 1.82) is 0 Å². The molecule has 1 amide bonds. The van der Waals surface area contributed by atoms with Crippen molar-refractivity contribution in [3.8, 4) is 0 Å². The van der Waals surface area contributed by atoms with Crippen molar-refractivity contribution >= 4 is 11.9 Å². The monoisotopic (exact) mass is 242 g/mol. The van der Waals surface area contributed by atoms with E-state index in [2.05, 4.69) is 5.32 Å². The molecule has 1 aliphatic carbocycles. The van der Waals surface area contributed by atoms with E-state index in [0.717, 1.165) is 19.5 Å². The molecule has 0 aromatic rings. The van der Waals surface area contributed by atoms with E-state index >= 15 is 0 Å². The fraction of sp³-hybridized carbons (Fsp3) is 0.833. The predicted molar refractivity (Wildman–Crippen MR) is 64.6 cm³/mol. The number of hydrogen-bond acceptors (Lipinski definition) is 3. The maximum absolute atomic E-state index is 12.0. The first-order valence-corrected chi connectivity index (χ1v) is 6.18. The highest BCUT2D eigenvalue weighted by Crippen LogP contribution is 2.32. The van der Waals surface area contributed by atoms with Crippen LogP contribution in [0.15, 0.2) is 0 Å². The molecule has 1 saturated carbocycles. The van der Waals surface area contributed by atoms with Crippen LogP contribution < -0.4 is 5.32 Å². The van der Waals surface area contributed by atoms with Gasteiger partial charge in [-0.05, 0) is 39.3 Å². The van der Waals surface area contributed by atoms with Crippen LogP contribution in [-0.4, -0.2) is 49.1 Å². The van der Waals surface area contributed by atoms with Gasteiger partial charge in [0.05, 0.1) is 5.92 Å². The molecule has 0 heterocycles. The summed E-state index contributed by atoms with van der Waals surface area (Å²) in [6, 6.07) is 0. The SMILES string of the molecule is CNCCCN(C)C(=O)[C@@H]1CC[C@H](C(=O)O)C1. The number of carbonyl (C=O) groups excluding carboxylic acids is 1. The summed E-state index contributed by atoms with van der Waals surface area (Å²) in [7, 11) is 3.68. The van der Waals surface area contributed by atoms with Crippen molar-refractivity contribution in [3.05, 3.63) is 0 Å². The Kier molecular flexibility index (Phi) is 5.41. The van der Waals surface area contributed by atoms with E-state index in [1.54, 1.807) is 11.9 Å². The Morgan fingerprint density at radius 1 is 1.35 bits per heavy atom. The van der Waals surface area contributed by atoms with E-state index in [9.17, 15) is 9.59 Å². The summed E-state index contributed by atoms with van der Waals surface area (Å²) < 4.78 is 0. The maximum Gasteiger partial charge on any atom is 0.306 e. The lowest BCUT2D eigenvalue weighted by molar-refractivity contribution is -0.141. The number of carboxylic acids is 1. The molecule has 1 rings (SSSR count). The van der Waals surface area contributed by atoms with Gasteiger partial charge in [-0.25, -0.2) is 0 Å². The van der Waals surface area contributed by atoms with Gasteiger partial charge in [-0.15, -0.1) is 0 Å². The lowest BCUT2D eigenvalue weighted by atomic mass is 10.0. The molecule has 0 saturated heterocycles. The smallest absolute Gasteiger partial charge is 0.306 e. The van der Waals surface area contributed by atoms with E-state index < -0.39 is 5.97 Å². The Morgan fingerprint density at radius 3 is 2.53 bits per heavy atom. The van der Waals surface area contributed by atoms with Crippen LogP contribution in [-0.2, 0) is 9.59 Å². The van der Waals surface area contributed by atoms with Gasteiger partial charge in [0.25, 0.3) is 0 Å². The van der Waals surface area contributed by atoms with Gasteiger partial charge in [0.2, 0.25) is 5.91 Å². The molecule has 1 aliphatic rings. The van der Waals surface area contributed by atoms with Crippen molar-refractivity contribution in [3.63, 3.8) is 0 Å². The Bertz CT molecular complexity index is 281. The van der Waals surface area contributed by atoms with Gasteiger partial charge in [0.15, 0.2) is 0 Å². The van der Waals surface area contributed by atoms with Crippen molar-refractivity contribution in [2.75, 3.05) is 27.2 Å². The second-order valence-corrected chi connectivity index (χ2v) is 4.76. The van der Waals surface area contributed by atoms with Crippen LogP contribution in [0.1, 0.15) is 25.7 Å². The number of carbonyl (C=O) groups is 2. The average molecular weight is 242 g/mol. The first-order valence-electron chi connectivity index (χ1n) is 6.18. The first kappa shape index (κ1) is 14.0. The Hall–Kier alpha value is -1.10. The predicted octanol–water partition coefficient (Wildman–Crippen LogP) is 0.555. The number of nitrogens with one attached hydrogen (secondary N) is 1. The zero-order valence-corrected chi connectivity index (χ0v) is 10.6. The number of rotatable bonds is 6. The van der Waals surface area contributed by atoms with Gasteiger partial charge in [-0.3, -0.25) is 9.59 Å². The van der Waals surface area contributed by atoms with Crippen LogP contribution in [0.3, 0.4) is 0 Å². The van der Waals surface area contributed by atoms with Crippen LogP contribution in [0.5, 0.6) is 0 Å². The summed E-state index contributed by atoms with van der Waals surface area (Å²) in [5, 5.41) is 11.9. The number of amides is 1. The number of aliphatic carboxylic acids is 1. The van der Waals surface area contributed by atoms with E-state index in [4.69, 9.17) is 5.11 Å².